The third-order valence-electron chi connectivity index (χ3n) is 4.77. The van der Waals surface area contributed by atoms with E-state index in [1.807, 2.05) is 30.3 Å². The minimum absolute atomic E-state index is 0.124. The van der Waals surface area contributed by atoms with Gasteiger partial charge in [0.1, 0.15) is 19.3 Å². The Bertz CT molecular complexity index is 780. The van der Waals surface area contributed by atoms with Crippen LogP contribution >= 0.6 is 0 Å². The van der Waals surface area contributed by atoms with E-state index in [9.17, 15) is 19.8 Å². The smallest absolute Gasteiger partial charge is 0.325 e. The normalized spacial score (nSPS) is 21.0. The zero-order valence-electron chi connectivity index (χ0n) is 15.0. The number of carbonyl (C=O) groups is 2. The summed E-state index contributed by atoms with van der Waals surface area (Å²) in [5.41, 5.74) is -0.632. The number of ether oxygens (including phenoxy) is 1. The largest absolute Gasteiger partial charge is 0.459 e. The van der Waals surface area contributed by atoms with Crippen LogP contribution < -0.4 is 0 Å². The number of benzene rings is 2. The van der Waals surface area contributed by atoms with Gasteiger partial charge in [-0.2, -0.15) is 0 Å². The second-order valence-corrected chi connectivity index (χ2v) is 6.71. The number of carbonyl (C=O) groups excluding carboxylic acids is 2. The Labute approximate surface area is 158 Å². The number of likely N-dealkylation sites (tertiary alicyclic amines) is 1. The Kier molecular flexibility index (Phi) is 5.88. The number of nitrogens with zero attached hydrogens (tertiary/aromatic N) is 1. The lowest BCUT2D eigenvalue weighted by atomic mass is 9.83. The van der Waals surface area contributed by atoms with Crippen molar-refractivity contribution in [2.24, 2.45) is 0 Å². The molecule has 1 heterocycles. The average molecular weight is 369 g/mol. The minimum atomic E-state index is -1.95. The van der Waals surface area contributed by atoms with Crippen molar-refractivity contribution in [3.63, 3.8) is 0 Å². The first-order valence-electron chi connectivity index (χ1n) is 8.95. The molecule has 1 aliphatic rings. The summed E-state index contributed by atoms with van der Waals surface area (Å²) in [6, 6.07) is 17.8. The SMILES string of the molecule is O=C(CN1CCC[C@@](O)([C@@H](O)c2ccccc2)C1=O)OCc1ccccc1. The maximum absolute atomic E-state index is 12.8. The molecule has 2 aromatic rings. The van der Waals surface area contributed by atoms with Crippen LogP contribution in [0.5, 0.6) is 0 Å². The summed E-state index contributed by atoms with van der Waals surface area (Å²) in [5.74, 6) is -1.20. The first-order valence-corrected chi connectivity index (χ1v) is 8.95. The number of esters is 1. The number of amides is 1. The maximum atomic E-state index is 12.8. The van der Waals surface area contributed by atoms with Crippen molar-refractivity contribution in [3.05, 3.63) is 71.8 Å². The van der Waals surface area contributed by atoms with E-state index in [1.54, 1.807) is 30.3 Å². The van der Waals surface area contributed by atoms with Gasteiger partial charge in [-0.15, -0.1) is 0 Å². The molecular formula is C21H23NO5. The van der Waals surface area contributed by atoms with Crippen molar-refractivity contribution in [2.45, 2.75) is 31.2 Å². The van der Waals surface area contributed by atoms with E-state index < -0.39 is 23.6 Å². The first-order chi connectivity index (χ1) is 13.0. The van der Waals surface area contributed by atoms with E-state index in [-0.39, 0.29) is 19.6 Å². The van der Waals surface area contributed by atoms with Gasteiger partial charge in [0.05, 0.1) is 0 Å². The van der Waals surface area contributed by atoms with Gasteiger partial charge < -0.3 is 19.8 Å². The predicted octanol–water partition coefficient (Wildman–Crippen LogP) is 1.82. The fourth-order valence-electron chi connectivity index (χ4n) is 3.28. The predicted molar refractivity (Wildman–Crippen MR) is 98.4 cm³/mol. The van der Waals surface area contributed by atoms with Crippen molar-refractivity contribution in [2.75, 3.05) is 13.1 Å². The molecule has 1 aliphatic heterocycles. The number of rotatable bonds is 6. The Morgan fingerprint density at radius 2 is 1.74 bits per heavy atom. The summed E-state index contributed by atoms with van der Waals surface area (Å²) in [6.07, 6.45) is -0.732. The van der Waals surface area contributed by atoms with Gasteiger partial charge in [0, 0.05) is 6.54 Å². The van der Waals surface area contributed by atoms with Crippen molar-refractivity contribution in [1.82, 2.24) is 4.90 Å². The van der Waals surface area contributed by atoms with Gasteiger partial charge in [-0.1, -0.05) is 60.7 Å². The summed E-state index contributed by atoms with van der Waals surface area (Å²) >= 11 is 0. The van der Waals surface area contributed by atoms with Crippen LogP contribution in [0, 0.1) is 0 Å². The van der Waals surface area contributed by atoms with Crippen LogP contribution in [-0.2, 0) is 20.9 Å². The topological polar surface area (TPSA) is 87.1 Å². The van der Waals surface area contributed by atoms with Gasteiger partial charge in [0.2, 0.25) is 0 Å². The van der Waals surface area contributed by atoms with Gasteiger partial charge in [0.15, 0.2) is 5.60 Å². The molecule has 1 amide bonds. The van der Waals surface area contributed by atoms with Gasteiger partial charge in [-0.05, 0) is 24.0 Å². The molecule has 1 fully saturated rings. The second kappa shape index (κ2) is 8.33. The highest BCUT2D eigenvalue weighted by Gasteiger charge is 2.48. The van der Waals surface area contributed by atoms with Gasteiger partial charge in [-0.3, -0.25) is 9.59 Å². The zero-order valence-corrected chi connectivity index (χ0v) is 15.0. The van der Waals surface area contributed by atoms with Crippen molar-refractivity contribution >= 4 is 11.9 Å². The molecule has 0 spiro atoms. The number of aliphatic hydroxyl groups excluding tert-OH is 1. The van der Waals surface area contributed by atoms with E-state index in [1.165, 1.54) is 4.90 Å². The van der Waals surface area contributed by atoms with Crippen LogP contribution in [0.15, 0.2) is 60.7 Å². The fourth-order valence-corrected chi connectivity index (χ4v) is 3.28. The van der Waals surface area contributed by atoms with E-state index in [0.717, 1.165) is 5.56 Å². The Morgan fingerprint density at radius 1 is 1.11 bits per heavy atom. The summed E-state index contributed by atoms with van der Waals surface area (Å²) in [4.78, 5) is 26.2. The van der Waals surface area contributed by atoms with Crippen molar-refractivity contribution in [1.29, 1.82) is 0 Å². The molecule has 0 aliphatic carbocycles. The third-order valence-corrected chi connectivity index (χ3v) is 4.77. The third kappa shape index (κ3) is 4.35. The van der Waals surface area contributed by atoms with Gasteiger partial charge in [-0.25, -0.2) is 0 Å². The van der Waals surface area contributed by atoms with E-state index >= 15 is 0 Å². The summed E-state index contributed by atoms with van der Waals surface area (Å²) < 4.78 is 5.22. The molecule has 0 unspecified atom stereocenters. The molecule has 1 saturated heterocycles. The van der Waals surface area contributed by atoms with Crippen LogP contribution in [0.2, 0.25) is 0 Å². The highest BCUT2D eigenvalue weighted by atomic mass is 16.5. The zero-order chi connectivity index (χ0) is 19.3. The molecule has 0 radical (unpaired) electrons. The molecule has 2 N–H and O–H groups in total. The number of hydrogen-bond acceptors (Lipinski definition) is 5. The number of aliphatic hydroxyl groups is 2. The molecule has 2 atom stereocenters. The molecular weight excluding hydrogens is 346 g/mol. The average Bonchev–Trinajstić information content (AvgIpc) is 2.71. The van der Waals surface area contributed by atoms with Crippen LogP contribution in [0.25, 0.3) is 0 Å². The molecule has 6 nitrogen and oxygen atoms in total. The lowest BCUT2D eigenvalue weighted by molar-refractivity contribution is -0.176. The first kappa shape index (κ1) is 19.1. The van der Waals surface area contributed by atoms with E-state index in [2.05, 4.69) is 0 Å². The van der Waals surface area contributed by atoms with Crippen LogP contribution in [0.3, 0.4) is 0 Å². The van der Waals surface area contributed by atoms with Crippen molar-refractivity contribution in [3.8, 4) is 0 Å². The Balaban J connectivity index is 1.63. The number of hydrogen-bond donors (Lipinski definition) is 2. The Hall–Kier alpha value is -2.70. The highest BCUT2D eigenvalue weighted by Crippen LogP contribution is 2.34. The van der Waals surface area contributed by atoms with Crippen LogP contribution in [0.1, 0.15) is 30.1 Å². The molecule has 6 heteroatoms. The van der Waals surface area contributed by atoms with Crippen LogP contribution in [0.4, 0.5) is 0 Å². The summed E-state index contributed by atoms with van der Waals surface area (Å²) in [6.45, 7) is 0.206. The van der Waals surface area contributed by atoms with Gasteiger partial charge >= 0.3 is 5.97 Å². The maximum Gasteiger partial charge on any atom is 0.325 e. The van der Waals surface area contributed by atoms with Gasteiger partial charge in [0.25, 0.3) is 5.91 Å². The molecule has 0 aromatic heterocycles. The molecule has 0 bridgehead atoms. The quantitative estimate of drug-likeness (QED) is 0.759. The lowest BCUT2D eigenvalue weighted by Crippen LogP contribution is -2.57. The summed E-state index contributed by atoms with van der Waals surface area (Å²) in [5, 5.41) is 21.4. The van der Waals surface area contributed by atoms with E-state index in [4.69, 9.17) is 4.74 Å². The van der Waals surface area contributed by atoms with Crippen LogP contribution in [-0.4, -0.2) is 45.7 Å². The molecule has 27 heavy (non-hydrogen) atoms. The molecule has 0 saturated carbocycles. The molecule has 142 valence electrons. The standard InChI is InChI=1S/C21H23NO5/c23-18(27-15-16-8-3-1-4-9-16)14-22-13-7-12-21(26,20(22)25)19(24)17-10-5-2-6-11-17/h1-6,8-11,19,24,26H,7,12-15H2/t19-,21+/m0/s1. The van der Waals surface area contributed by atoms with Crippen molar-refractivity contribution < 1.29 is 24.5 Å². The monoisotopic (exact) mass is 369 g/mol. The lowest BCUT2D eigenvalue weighted by Gasteiger charge is -2.40. The summed E-state index contributed by atoms with van der Waals surface area (Å²) in [7, 11) is 0. The van der Waals surface area contributed by atoms with E-state index in [0.29, 0.717) is 18.5 Å². The second-order valence-electron chi connectivity index (χ2n) is 6.71. The minimum Gasteiger partial charge on any atom is -0.459 e. The number of piperidine rings is 1. The highest BCUT2D eigenvalue weighted by molar-refractivity contribution is 5.89. The Morgan fingerprint density at radius 3 is 2.41 bits per heavy atom. The fraction of sp³-hybridized carbons (Fsp3) is 0.333. The molecule has 2 aromatic carbocycles. The molecule has 3 rings (SSSR count).